The Bertz CT molecular complexity index is 351. The van der Waals surface area contributed by atoms with Crippen molar-refractivity contribution in [2.24, 2.45) is 0 Å². The standard InChI is InChI=1S/C8H7NS.C2H6/c1-6-2-3-7-5-9-10-8(7)4-6;1-2/h2-5H,1H3;1-2H3. The first kappa shape index (κ1) is 9.20. The normalized spacial score (nSPS) is 9.25. The van der Waals surface area contributed by atoms with Gasteiger partial charge in [-0.25, -0.2) is 0 Å². The topological polar surface area (TPSA) is 12.9 Å². The smallest absolute Gasteiger partial charge is 0.0552 e. The van der Waals surface area contributed by atoms with Crippen LogP contribution in [0.15, 0.2) is 24.4 Å². The zero-order chi connectivity index (χ0) is 8.97. The van der Waals surface area contributed by atoms with Crippen molar-refractivity contribution in [3.05, 3.63) is 30.0 Å². The zero-order valence-electron chi connectivity index (χ0n) is 7.66. The third-order valence-electron chi connectivity index (χ3n) is 1.51. The molecule has 0 amide bonds. The summed E-state index contributed by atoms with van der Waals surface area (Å²) in [5.41, 5.74) is 1.30. The van der Waals surface area contributed by atoms with E-state index in [0.29, 0.717) is 0 Å². The van der Waals surface area contributed by atoms with Crippen molar-refractivity contribution < 1.29 is 0 Å². The number of nitrogens with zero attached hydrogens (tertiary/aromatic N) is 1. The van der Waals surface area contributed by atoms with Gasteiger partial charge in [-0.15, -0.1) is 0 Å². The molecule has 1 aromatic heterocycles. The fourth-order valence-corrected chi connectivity index (χ4v) is 1.71. The minimum Gasteiger partial charge on any atom is -0.200 e. The molecule has 0 saturated carbocycles. The van der Waals surface area contributed by atoms with E-state index in [1.807, 2.05) is 20.0 Å². The van der Waals surface area contributed by atoms with Crippen LogP contribution in [-0.4, -0.2) is 4.37 Å². The predicted octanol–water partition coefficient (Wildman–Crippen LogP) is 3.63. The van der Waals surface area contributed by atoms with E-state index in [-0.39, 0.29) is 0 Å². The Morgan fingerprint density at radius 3 is 2.75 bits per heavy atom. The monoisotopic (exact) mass is 179 g/mol. The van der Waals surface area contributed by atoms with Crippen molar-refractivity contribution in [1.82, 2.24) is 4.37 Å². The van der Waals surface area contributed by atoms with Crippen LogP contribution < -0.4 is 0 Å². The van der Waals surface area contributed by atoms with Gasteiger partial charge >= 0.3 is 0 Å². The highest BCUT2D eigenvalue weighted by atomic mass is 32.1. The predicted molar refractivity (Wildman–Crippen MR) is 55.7 cm³/mol. The second-order valence-corrected chi connectivity index (χ2v) is 3.20. The Hall–Kier alpha value is -0.890. The van der Waals surface area contributed by atoms with Crippen LogP contribution in [0.3, 0.4) is 0 Å². The van der Waals surface area contributed by atoms with E-state index in [4.69, 9.17) is 0 Å². The van der Waals surface area contributed by atoms with Gasteiger partial charge in [0.05, 0.1) is 4.70 Å². The van der Waals surface area contributed by atoms with Crippen LogP contribution in [0.5, 0.6) is 0 Å². The van der Waals surface area contributed by atoms with Crippen molar-refractivity contribution in [1.29, 1.82) is 0 Å². The number of aromatic nitrogens is 1. The van der Waals surface area contributed by atoms with E-state index in [2.05, 4.69) is 29.5 Å². The summed E-state index contributed by atoms with van der Waals surface area (Å²) in [6.45, 7) is 6.10. The zero-order valence-corrected chi connectivity index (χ0v) is 8.48. The number of hydrogen-bond donors (Lipinski definition) is 0. The van der Waals surface area contributed by atoms with Crippen LogP contribution in [0.4, 0.5) is 0 Å². The molecule has 0 N–H and O–H groups in total. The fraction of sp³-hybridized carbons (Fsp3) is 0.300. The molecular weight excluding hydrogens is 166 g/mol. The number of hydrogen-bond acceptors (Lipinski definition) is 2. The Balaban J connectivity index is 0.000000336. The number of rotatable bonds is 0. The summed E-state index contributed by atoms with van der Waals surface area (Å²) in [5.74, 6) is 0. The third-order valence-corrected chi connectivity index (χ3v) is 2.27. The molecule has 0 aliphatic carbocycles. The van der Waals surface area contributed by atoms with Gasteiger partial charge in [0.1, 0.15) is 0 Å². The molecule has 2 aromatic rings. The van der Waals surface area contributed by atoms with Crippen LogP contribution in [0.25, 0.3) is 10.1 Å². The molecule has 1 aromatic carbocycles. The second-order valence-electron chi connectivity index (χ2n) is 2.37. The Kier molecular flexibility index (Phi) is 3.23. The Morgan fingerprint density at radius 2 is 2.00 bits per heavy atom. The molecule has 0 fully saturated rings. The molecule has 0 radical (unpaired) electrons. The van der Waals surface area contributed by atoms with Gasteiger partial charge in [-0.1, -0.05) is 26.0 Å². The molecule has 12 heavy (non-hydrogen) atoms. The highest BCUT2D eigenvalue weighted by Gasteiger charge is 1.93. The van der Waals surface area contributed by atoms with E-state index in [1.165, 1.54) is 15.6 Å². The van der Waals surface area contributed by atoms with E-state index in [0.717, 1.165) is 0 Å². The van der Waals surface area contributed by atoms with Gasteiger partial charge in [0, 0.05) is 11.6 Å². The number of aryl methyl sites for hydroxylation is 1. The van der Waals surface area contributed by atoms with Crippen LogP contribution >= 0.6 is 11.5 Å². The lowest BCUT2D eigenvalue weighted by molar-refractivity contribution is 1.50. The number of fused-ring (bicyclic) bond motifs is 1. The maximum Gasteiger partial charge on any atom is 0.0552 e. The molecule has 1 heterocycles. The van der Waals surface area contributed by atoms with Gasteiger partial charge in [-0.2, -0.15) is 4.37 Å². The minimum absolute atomic E-state index is 1.25. The lowest BCUT2D eigenvalue weighted by Crippen LogP contribution is -1.66. The molecular formula is C10H13NS. The molecule has 0 saturated heterocycles. The third kappa shape index (κ3) is 1.83. The lowest BCUT2D eigenvalue weighted by Gasteiger charge is -1.88. The van der Waals surface area contributed by atoms with Crippen LogP contribution in [0.2, 0.25) is 0 Å². The van der Waals surface area contributed by atoms with E-state index >= 15 is 0 Å². The van der Waals surface area contributed by atoms with E-state index in [9.17, 15) is 0 Å². The molecule has 2 rings (SSSR count). The van der Waals surface area contributed by atoms with Crippen LogP contribution in [-0.2, 0) is 0 Å². The van der Waals surface area contributed by atoms with Gasteiger partial charge in [0.15, 0.2) is 0 Å². The molecule has 0 aliphatic heterocycles. The average Bonchev–Trinajstić information content (AvgIpc) is 2.54. The summed E-state index contributed by atoms with van der Waals surface area (Å²) in [5, 5.41) is 1.25. The Labute approximate surface area is 77.2 Å². The first-order valence-electron chi connectivity index (χ1n) is 4.17. The maximum atomic E-state index is 4.08. The van der Waals surface area contributed by atoms with Crippen molar-refractivity contribution in [3.63, 3.8) is 0 Å². The quantitative estimate of drug-likeness (QED) is 0.601. The van der Waals surface area contributed by atoms with Gasteiger partial charge < -0.3 is 0 Å². The van der Waals surface area contributed by atoms with Crippen molar-refractivity contribution >= 4 is 21.6 Å². The first-order valence-corrected chi connectivity index (χ1v) is 4.95. The van der Waals surface area contributed by atoms with Crippen molar-refractivity contribution in [2.75, 3.05) is 0 Å². The van der Waals surface area contributed by atoms with E-state index in [1.54, 1.807) is 11.5 Å². The molecule has 2 heteroatoms. The van der Waals surface area contributed by atoms with Gasteiger partial charge in [0.25, 0.3) is 0 Å². The van der Waals surface area contributed by atoms with Gasteiger partial charge in [-0.3, -0.25) is 0 Å². The molecule has 1 nitrogen and oxygen atoms in total. The summed E-state index contributed by atoms with van der Waals surface area (Å²) in [7, 11) is 0. The van der Waals surface area contributed by atoms with Crippen molar-refractivity contribution in [2.45, 2.75) is 20.8 Å². The largest absolute Gasteiger partial charge is 0.200 e. The summed E-state index contributed by atoms with van der Waals surface area (Å²) in [6.07, 6.45) is 1.90. The highest BCUT2D eigenvalue weighted by molar-refractivity contribution is 7.13. The van der Waals surface area contributed by atoms with Gasteiger partial charge in [0.2, 0.25) is 0 Å². The molecule has 0 atom stereocenters. The van der Waals surface area contributed by atoms with Gasteiger partial charge in [-0.05, 0) is 30.1 Å². The second kappa shape index (κ2) is 4.21. The number of benzene rings is 1. The molecule has 0 aliphatic rings. The summed E-state index contributed by atoms with van der Waals surface area (Å²) < 4.78 is 5.36. The Morgan fingerprint density at radius 1 is 1.25 bits per heavy atom. The molecule has 0 spiro atoms. The molecule has 64 valence electrons. The molecule has 0 unspecified atom stereocenters. The SMILES string of the molecule is CC.Cc1ccc2cnsc2c1. The van der Waals surface area contributed by atoms with Crippen LogP contribution in [0, 0.1) is 6.92 Å². The summed E-state index contributed by atoms with van der Waals surface area (Å²) >= 11 is 1.55. The van der Waals surface area contributed by atoms with Crippen LogP contribution in [0.1, 0.15) is 19.4 Å². The minimum atomic E-state index is 1.25. The molecule has 0 bridgehead atoms. The maximum absolute atomic E-state index is 4.08. The summed E-state index contributed by atoms with van der Waals surface area (Å²) in [6, 6.07) is 6.37. The highest BCUT2D eigenvalue weighted by Crippen LogP contribution is 2.18. The van der Waals surface area contributed by atoms with E-state index < -0.39 is 0 Å². The summed E-state index contributed by atoms with van der Waals surface area (Å²) in [4.78, 5) is 0. The average molecular weight is 179 g/mol. The first-order chi connectivity index (χ1) is 5.86. The fourth-order valence-electron chi connectivity index (χ4n) is 0.967. The van der Waals surface area contributed by atoms with Crippen molar-refractivity contribution in [3.8, 4) is 0 Å². The lowest BCUT2D eigenvalue weighted by atomic mass is 10.2.